The van der Waals surface area contributed by atoms with Crippen LogP contribution in [0.15, 0.2) is 48.5 Å². The summed E-state index contributed by atoms with van der Waals surface area (Å²) in [6, 6.07) is 13.7. The van der Waals surface area contributed by atoms with Crippen LogP contribution >= 0.6 is 0 Å². The standard InChI is InChI=1S/C18H20FNO2/c1-3-13(2)14-8-10-15(11-9-14)20-18(21)12-22-17-7-5-4-6-16(17)19/h4-11,13H,3,12H2,1-2H3,(H,20,21)/t13-/m0/s1. The zero-order valence-electron chi connectivity index (χ0n) is 12.8. The van der Waals surface area contributed by atoms with Gasteiger partial charge in [-0.3, -0.25) is 4.79 Å². The topological polar surface area (TPSA) is 38.3 Å². The summed E-state index contributed by atoms with van der Waals surface area (Å²) >= 11 is 0. The minimum atomic E-state index is -0.479. The van der Waals surface area contributed by atoms with Crippen LogP contribution in [0.5, 0.6) is 5.75 Å². The predicted molar refractivity (Wildman–Crippen MR) is 85.7 cm³/mol. The normalized spacial score (nSPS) is 11.8. The molecule has 2 aromatic rings. The lowest BCUT2D eigenvalue weighted by Gasteiger charge is -2.11. The number of hydrogen-bond acceptors (Lipinski definition) is 2. The van der Waals surface area contributed by atoms with Crippen LogP contribution in [-0.4, -0.2) is 12.5 Å². The molecule has 0 spiro atoms. The van der Waals surface area contributed by atoms with Gasteiger partial charge in [0.1, 0.15) is 0 Å². The van der Waals surface area contributed by atoms with Crippen LogP contribution in [0.1, 0.15) is 31.7 Å². The fraction of sp³-hybridized carbons (Fsp3) is 0.278. The number of halogens is 1. The molecule has 4 heteroatoms. The fourth-order valence-corrected chi connectivity index (χ4v) is 2.03. The van der Waals surface area contributed by atoms with Crippen molar-refractivity contribution in [2.24, 2.45) is 0 Å². The number of amides is 1. The summed E-state index contributed by atoms with van der Waals surface area (Å²) in [7, 11) is 0. The van der Waals surface area contributed by atoms with Crippen molar-refractivity contribution in [2.75, 3.05) is 11.9 Å². The van der Waals surface area contributed by atoms with Gasteiger partial charge in [-0.05, 0) is 42.2 Å². The van der Waals surface area contributed by atoms with Crippen molar-refractivity contribution in [3.05, 3.63) is 59.9 Å². The minimum Gasteiger partial charge on any atom is -0.481 e. The molecule has 0 fully saturated rings. The number of hydrogen-bond donors (Lipinski definition) is 1. The first-order valence-electron chi connectivity index (χ1n) is 7.37. The second-order valence-corrected chi connectivity index (χ2v) is 5.20. The largest absolute Gasteiger partial charge is 0.481 e. The Hall–Kier alpha value is -2.36. The van der Waals surface area contributed by atoms with Crippen molar-refractivity contribution in [2.45, 2.75) is 26.2 Å². The number of carbonyl (C=O) groups is 1. The fourth-order valence-electron chi connectivity index (χ4n) is 2.03. The van der Waals surface area contributed by atoms with Crippen LogP contribution in [0.2, 0.25) is 0 Å². The molecule has 0 unspecified atom stereocenters. The molecule has 0 radical (unpaired) electrons. The van der Waals surface area contributed by atoms with E-state index >= 15 is 0 Å². The van der Waals surface area contributed by atoms with Gasteiger partial charge in [0.05, 0.1) is 0 Å². The third-order valence-corrected chi connectivity index (χ3v) is 3.57. The Labute approximate surface area is 130 Å². The first-order chi connectivity index (χ1) is 10.6. The molecule has 2 rings (SSSR count). The molecule has 3 nitrogen and oxygen atoms in total. The van der Waals surface area contributed by atoms with Crippen LogP contribution in [0.3, 0.4) is 0 Å². The third-order valence-electron chi connectivity index (χ3n) is 3.57. The smallest absolute Gasteiger partial charge is 0.262 e. The lowest BCUT2D eigenvalue weighted by Crippen LogP contribution is -2.20. The van der Waals surface area contributed by atoms with Gasteiger partial charge in [0.15, 0.2) is 18.2 Å². The summed E-state index contributed by atoms with van der Waals surface area (Å²) in [6.07, 6.45) is 1.07. The Morgan fingerprint density at radius 3 is 2.50 bits per heavy atom. The van der Waals surface area contributed by atoms with Gasteiger partial charge in [-0.2, -0.15) is 0 Å². The van der Waals surface area contributed by atoms with Crippen molar-refractivity contribution in [3.63, 3.8) is 0 Å². The highest BCUT2D eigenvalue weighted by atomic mass is 19.1. The van der Waals surface area contributed by atoms with Gasteiger partial charge in [0, 0.05) is 5.69 Å². The highest BCUT2D eigenvalue weighted by Crippen LogP contribution is 2.20. The Morgan fingerprint density at radius 2 is 1.86 bits per heavy atom. The molecular weight excluding hydrogens is 281 g/mol. The van der Waals surface area contributed by atoms with E-state index in [9.17, 15) is 9.18 Å². The second kappa shape index (κ2) is 7.59. The molecule has 0 saturated heterocycles. The quantitative estimate of drug-likeness (QED) is 0.861. The SMILES string of the molecule is CC[C@H](C)c1ccc(NC(=O)COc2ccccc2F)cc1. The summed E-state index contributed by atoms with van der Waals surface area (Å²) in [5.74, 6) is -0.230. The number of nitrogens with one attached hydrogen (secondary N) is 1. The zero-order valence-corrected chi connectivity index (χ0v) is 12.8. The molecule has 1 N–H and O–H groups in total. The second-order valence-electron chi connectivity index (χ2n) is 5.20. The molecule has 116 valence electrons. The molecule has 0 aliphatic carbocycles. The molecule has 0 aliphatic rings. The first-order valence-corrected chi connectivity index (χ1v) is 7.37. The van der Waals surface area contributed by atoms with Gasteiger partial charge >= 0.3 is 0 Å². The summed E-state index contributed by atoms with van der Waals surface area (Å²) in [5.41, 5.74) is 1.94. The Morgan fingerprint density at radius 1 is 1.18 bits per heavy atom. The van der Waals surface area contributed by atoms with Gasteiger partial charge in [0.25, 0.3) is 5.91 Å². The Balaban J connectivity index is 1.88. The number of carbonyl (C=O) groups excluding carboxylic acids is 1. The lowest BCUT2D eigenvalue weighted by atomic mass is 9.99. The maximum atomic E-state index is 13.4. The van der Waals surface area contributed by atoms with Crippen LogP contribution < -0.4 is 10.1 Å². The van der Waals surface area contributed by atoms with Crippen LogP contribution in [-0.2, 0) is 4.79 Å². The molecule has 0 heterocycles. The average Bonchev–Trinajstić information content (AvgIpc) is 2.54. The lowest BCUT2D eigenvalue weighted by molar-refractivity contribution is -0.118. The minimum absolute atomic E-state index is 0.0739. The number of rotatable bonds is 6. The van der Waals surface area contributed by atoms with Gasteiger partial charge in [0.2, 0.25) is 0 Å². The van der Waals surface area contributed by atoms with Crippen molar-refractivity contribution in [3.8, 4) is 5.75 Å². The average molecular weight is 301 g/mol. The van der Waals surface area contributed by atoms with Gasteiger partial charge < -0.3 is 10.1 Å². The van der Waals surface area contributed by atoms with E-state index in [1.54, 1.807) is 12.1 Å². The highest BCUT2D eigenvalue weighted by Gasteiger charge is 2.07. The van der Waals surface area contributed by atoms with Gasteiger partial charge in [-0.25, -0.2) is 4.39 Å². The maximum Gasteiger partial charge on any atom is 0.262 e. The maximum absolute atomic E-state index is 13.4. The van der Waals surface area contributed by atoms with Gasteiger partial charge in [-0.15, -0.1) is 0 Å². The Kier molecular flexibility index (Phi) is 5.53. The first kappa shape index (κ1) is 16.0. The molecule has 0 aliphatic heterocycles. The zero-order chi connectivity index (χ0) is 15.9. The predicted octanol–water partition coefficient (Wildman–Crippen LogP) is 4.36. The number of anilines is 1. The molecule has 2 aromatic carbocycles. The number of ether oxygens (including phenoxy) is 1. The molecule has 1 atom stereocenters. The number of para-hydroxylation sites is 1. The number of benzene rings is 2. The molecular formula is C18H20FNO2. The van der Waals surface area contributed by atoms with E-state index in [1.807, 2.05) is 24.3 Å². The Bertz CT molecular complexity index is 625. The summed E-state index contributed by atoms with van der Waals surface area (Å²) in [6.45, 7) is 4.07. The van der Waals surface area contributed by atoms with E-state index in [-0.39, 0.29) is 18.3 Å². The van der Waals surface area contributed by atoms with E-state index in [2.05, 4.69) is 19.2 Å². The molecule has 0 aromatic heterocycles. The van der Waals surface area contributed by atoms with E-state index in [1.165, 1.54) is 17.7 Å². The van der Waals surface area contributed by atoms with Crippen molar-refractivity contribution in [1.82, 2.24) is 0 Å². The van der Waals surface area contributed by atoms with Gasteiger partial charge in [-0.1, -0.05) is 38.1 Å². The van der Waals surface area contributed by atoms with Crippen LogP contribution in [0, 0.1) is 5.82 Å². The monoisotopic (exact) mass is 301 g/mol. The molecule has 0 bridgehead atoms. The molecule has 22 heavy (non-hydrogen) atoms. The summed E-state index contributed by atoms with van der Waals surface area (Å²) < 4.78 is 18.5. The summed E-state index contributed by atoms with van der Waals surface area (Å²) in [4.78, 5) is 11.8. The van der Waals surface area contributed by atoms with E-state index in [0.29, 0.717) is 11.6 Å². The highest BCUT2D eigenvalue weighted by molar-refractivity contribution is 5.91. The van der Waals surface area contributed by atoms with Crippen molar-refractivity contribution in [1.29, 1.82) is 0 Å². The van der Waals surface area contributed by atoms with Crippen LogP contribution in [0.4, 0.5) is 10.1 Å². The van der Waals surface area contributed by atoms with Crippen LogP contribution in [0.25, 0.3) is 0 Å². The van der Waals surface area contributed by atoms with E-state index < -0.39 is 5.82 Å². The van der Waals surface area contributed by atoms with Crippen molar-refractivity contribution >= 4 is 11.6 Å². The van der Waals surface area contributed by atoms with E-state index in [0.717, 1.165) is 6.42 Å². The van der Waals surface area contributed by atoms with E-state index in [4.69, 9.17) is 4.74 Å². The third kappa shape index (κ3) is 4.32. The molecule has 0 saturated carbocycles. The molecule has 1 amide bonds. The summed E-state index contributed by atoms with van der Waals surface area (Å²) in [5, 5.41) is 2.73. The van der Waals surface area contributed by atoms with Crippen molar-refractivity contribution < 1.29 is 13.9 Å².